The minimum atomic E-state index is -0.568. The van der Waals surface area contributed by atoms with Gasteiger partial charge in [-0.2, -0.15) is 0 Å². The number of phenolic OH excluding ortho intramolecular Hbond substituents is 1. The number of benzene rings is 4. The number of nitrogen functional groups attached to an aromatic ring is 1. The second kappa shape index (κ2) is 12.5. The first-order chi connectivity index (χ1) is 18.4. The van der Waals surface area contributed by atoms with Crippen molar-refractivity contribution in [2.75, 3.05) is 16.4 Å². The third-order valence-electron chi connectivity index (χ3n) is 6.28. The number of fused-ring (bicyclic) bond motifs is 1. The van der Waals surface area contributed by atoms with E-state index < -0.39 is 12.2 Å². The van der Waals surface area contributed by atoms with Gasteiger partial charge < -0.3 is 20.9 Å². The van der Waals surface area contributed by atoms with Gasteiger partial charge in [-0.3, -0.25) is 10.1 Å². The van der Waals surface area contributed by atoms with Gasteiger partial charge in [-0.05, 0) is 66.1 Å². The molecular weight excluding hydrogens is 478 g/mol. The Morgan fingerprint density at radius 1 is 0.895 bits per heavy atom. The second-order valence-corrected chi connectivity index (χ2v) is 9.10. The summed E-state index contributed by atoms with van der Waals surface area (Å²) in [5.41, 5.74) is 8.37. The molecule has 0 spiro atoms. The Labute approximate surface area is 221 Å². The molecule has 0 saturated heterocycles. The number of rotatable bonds is 9. The molecule has 38 heavy (non-hydrogen) atoms. The first kappa shape index (κ1) is 26.3. The van der Waals surface area contributed by atoms with Crippen LogP contribution >= 0.6 is 0 Å². The molecule has 0 radical (unpaired) electrons. The largest absolute Gasteiger partial charge is 0.508 e. The van der Waals surface area contributed by atoms with Gasteiger partial charge in [0.05, 0.1) is 17.1 Å². The van der Waals surface area contributed by atoms with Crippen LogP contribution in [0.15, 0.2) is 103 Å². The average molecular weight is 510 g/mol. The number of carbonyl (C=O) groups excluding carboxylic acids is 2. The Bertz CT molecular complexity index is 1430. The highest BCUT2D eigenvalue weighted by molar-refractivity contribution is 6.01. The van der Waals surface area contributed by atoms with Crippen molar-refractivity contribution >= 4 is 39.8 Å². The fourth-order valence-electron chi connectivity index (χ4n) is 4.25. The topological polar surface area (TPSA) is 114 Å². The zero-order valence-corrected chi connectivity index (χ0v) is 21.1. The number of nitrogens with one attached hydrogen (secondary N) is 2. The predicted molar refractivity (Wildman–Crippen MR) is 152 cm³/mol. The van der Waals surface area contributed by atoms with Crippen molar-refractivity contribution in [3.8, 4) is 5.75 Å². The van der Waals surface area contributed by atoms with E-state index in [1.807, 2.05) is 49.4 Å². The van der Waals surface area contributed by atoms with E-state index in [4.69, 9.17) is 10.5 Å². The number of nitrogens with two attached hydrogens (primary N) is 1. The van der Waals surface area contributed by atoms with E-state index in [0.29, 0.717) is 29.9 Å². The number of amides is 2. The standard InChI is InChI=1S/C31H31N3O4/c1-21(9-2-7-16-29(36)33-28-14-6-5-13-26(28)32)30(23-17-19-24(35)20-18-23)38-31(37)34-27-15-8-11-22-10-3-4-12-25(22)27/h3-8,10-21,30,35H,2,9,32H2,1H3,(H,33,36)(H,34,37)/b16-7+/t21-,30+/m1/s1. The fourth-order valence-corrected chi connectivity index (χ4v) is 4.25. The molecule has 0 fully saturated rings. The van der Waals surface area contributed by atoms with Crippen LogP contribution in [-0.2, 0) is 9.53 Å². The van der Waals surface area contributed by atoms with Crippen LogP contribution in [0.5, 0.6) is 5.75 Å². The zero-order valence-electron chi connectivity index (χ0n) is 21.1. The molecule has 4 aromatic rings. The lowest BCUT2D eigenvalue weighted by molar-refractivity contribution is -0.111. The molecule has 4 rings (SSSR count). The van der Waals surface area contributed by atoms with Gasteiger partial charge in [0.1, 0.15) is 11.9 Å². The molecule has 4 aromatic carbocycles. The fraction of sp³-hybridized carbons (Fsp3) is 0.161. The lowest BCUT2D eigenvalue weighted by Gasteiger charge is -2.25. The maximum absolute atomic E-state index is 13.0. The van der Waals surface area contributed by atoms with Crippen molar-refractivity contribution in [3.63, 3.8) is 0 Å². The molecule has 0 heterocycles. The number of hydrogen-bond acceptors (Lipinski definition) is 5. The summed E-state index contributed by atoms with van der Waals surface area (Å²) in [5.74, 6) is -0.208. The van der Waals surface area contributed by atoms with Gasteiger partial charge in [0.2, 0.25) is 5.91 Å². The molecule has 0 aliphatic rings. The maximum atomic E-state index is 13.0. The van der Waals surface area contributed by atoms with Crippen molar-refractivity contribution in [1.29, 1.82) is 0 Å². The summed E-state index contributed by atoms with van der Waals surface area (Å²) in [6.07, 6.45) is 3.39. The van der Waals surface area contributed by atoms with E-state index in [1.165, 1.54) is 6.08 Å². The summed E-state index contributed by atoms with van der Waals surface area (Å²) in [6.45, 7) is 1.99. The number of para-hydroxylation sites is 2. The summed E-state index contributed by atoms with van der Waals surface area (Å²) in [6, 6.07) is 27.2. The third-order valence-corrected chi connectivity index (χ3v) is 6.28. The molecular formula is C31H31N3O4. The molecule has 2 amide bonds. The van der Waals surface area contributed by atoms with Gasteiger partial charge in [-0.15, -0.1) is 0 Å². The van der Waals surface area contributed by atoms with Crippen molar-refractivity contribution in [2.45, 2.75) is 25.9 Å². The van der Waals surface area contributed by atoms with E-state index >= 15 is 0 Å². The molecule has 0 bridgehead atoms. The third kappa shape index (κ3) is 6.91. The first-order valence-corrected chi connectivity index (χ1v) is 12.5. The van der Waals surface area contributed by atoms with Crippen LogP contribution < -0.4 is 16.4 Å². The highest BCUT2D eigenvalue weighted by atomic mass is 16.6. The minimum absolute atomic E-state index is 0.0738. The Balaban J connectivity index is 1.40. The summed E-state index contributed by atoms with van der Waals surface area (Å²) >= 11 is 0. The quantitative estimate of drug-likeness (QED) is 0.143. The van der Waals surface area contributed by atoms with Crippen molar-refractivity contribution in [1.82, 2.24) is 0 Å². The summed E-state index contributed by atoms with van der Waals surface area (Å²) < 4.78 is 5.91. The number of ether oxygens (including phenoxy) is 1. The molecule has 7 heteroatoms. The monoisotopic (exact) mass is 509 g/mol. The van der Waals surface area contributed by atoms with E-state index in [2.05, 4.69) is 10.6 Å². The normalized spacial score (nSPS) is 12.7. The Morgan fingerprint density at radius 3 is 2.37 bits per heavy atom. The zero-order chi connectivity index (χ0) is 26.9. The highest BCUT2D eigenvalue weighted by Crippen LogP contribution is 2.32. The van der Waals surface area contributed by atoms with E-state index in [0.717, 1.165) is 16.3 Å². The Hall–Kier alpha value is -4.78. The highest BCUT2D eigenvalue weighted by Gasteiger charge is 2.24. The maximum Gasteiger partial charge on any atom is 0.412 e. The van der Waals surface area contributed by atoms with Crippen LogP contribution in [0.25, 0.3) is 10.8 Å². The van der Waals surface area contributed by atoms with Gasteiger partial charge in [0, 0.05) is 5.39 Å². The van der Waals surface area contributed by atoms with E-state index in [1.54, 1.807) is 54.6 Å². The van der Waals surface area contributed by atoms with Crippen LogP contribution in [-0.4, -0.2) is 17.1 Å². The number of phenols is 1. The summed E-state index contributed by atoms with van der Waals surface area (Å²) in [4.78, 5) is 25.2. The lowest BCUT2D eigenvalue weighted by Crippen LogP contribution is -2.22. The number of anilines is 3. The summed E-state index contributed by atoms with van der Waals surface area (Å²) in [5, 5.41) is 17.3. The van der Waals surface area contributed by atoms with Crippen LogP contribution in [0.3, 0.4) is 0 Å². The smallest absolute Gasteiger partial charge is 0.412 e. The van der Waals surface area contributed by atoms with Gasteiger partial charge in [-0.1, -0.05) is 73.7 Å². The molecule has 0 aliphatic heterocycles. The first-order valence-electron chi connectivity index (χ1n) is 12.5. The molecule has 0 aromatic heterocycles. The second-order valence-electron chi connectivity index (χ2n) is 9.10. The minimum Gasteiger partial charge on any atom is -0.508 e. The molecule has 5 N–H and O–H groups in total. The van der Waals surface area contributed by atoms with Crippen molar-refractivity contribution in [3.05, 3.63) is 109 Å². The van der Waals surface area contributed by atoms with E-state index in [9.17, 15) is 14.7 Å². The molecule has 0 unspecified atom stereocenters. The van der Waals surface area contributed by atoms with Crippen molar-refractivity contribution in [2.24, 2.45) is 5.92 Å². The number of hydrogen-bond donors (Lipinski definition) is 4. The Kier molecular flexibility index (Phi) is 8.61. The molecule has 0 saturated carbocycles. The van der Waals surface area contributed by atoms with Crippen LogP contribution in [0.1, 0.15) is 31.4 Å². The number of carbonyl (C=O) groups is 2. The molecule has 194 valence electrons. The molecule has 0 aliphatic carbocycles. The average Bonchev–Trinajstić information content (AvgIpc) is 2.92. The van der Waals surface area contributed by atoms with Gasteiger partial charge in [0.15, 0.2) is 0 Å². The number of aromatic hydroxyl groups is 1. The van der Waals surface area contributed by atoms with Gasteiger partial charge >= 0.3 is 6.09 Å². The molecule has 2 atom stereocenters. The number of allylic oxidation sites excluding steroid dienone is 1. The van der Waals surface area contributed by atoms with Crippen LogP contribution in [0.4, 0.5) is 21.9 Å². The SMILES string of the molecule is C[C@H](CC/C=C/C(=O)Nc1ccccc1N)[C@H](OC(=O)Nc1cccc2ccccc12)c1ccc(O)cc1. The van der Waals surface area contributed by atoms with Gasteiger partial charge in [0.25, 0.3) is 0 Å². The van der Waals surface area contributed by atoms with Crippen LogP contribution in [0.2, 0.25) is 0 Å². The van der Waals surface area contributed by atoms with E-state index in [-0.39, 0.29) is 17.6 Å². The molecule has 7 nitrogen and oxygen atoms in total. The van der Waals surface area contributed by atoms with Crippen LogP contribution in [0, 0.1) is 5.92 Å². The van der Waals surface area contributed by atoms with Gasteiger partial charge in [-0.25, -0.2) is 4.79 Å². The van der Waals surface area contributed by atoms with Crippen molar-refractivity contribution < 1.29 is 19.4 Å². The lowest BCUT2D eigenvalue weighted by atomic mass is 9.93. The predicted octanol–water partition coefficient (Wildman–Crippen LogP) is 7.03. The Morgan fingerprint density at radius 2 is 1.58 bits per heavy atom. The summed E-state index contributed by atoms with van der Waals surface area (Å²) in [7, 11) is 0.